The van der Waals surface area contributed by atoms with E-state index >= 15 is 0 Å². The van der Waals surface area contributed by atoms with Crippen LogP contribution < -0.4 is 10.1 Å². The molecule has 0 radical (unpaired) electrons. The average molecular weight is 283 g/mol. The van der Waals surface area contributed by atoms with Crippen molar-refractivity contribution in [3.05, 3.63) is 29.3 Å². The van der Waals surface area contributed by atoms with Crippen LogP contribution in [-0.2, 0) is 9.59 Å². The van der Waals surface area contributed by atoms with E-state index in [4.69, 9.17) is 9.84 Å². The van der Waals surface area contributed by atoms with Gasteiger partial charge in [0.25, 0.3) is 0 Å². The summed E-state index contributed by atoms with van der Waals surface area (Å²) < 4.78 is 17.8. The summed E-state index contributed by atoms with van der Waals surface area (Å²) in [7, 11) is 0. The molecule has 0 saturated heterocycles. The van der Waals surface area contributed by atoms with Crippen LogP contribution in [0.4, 0.5) is 4.39 Å². The van der Waals surface area contributed by atoms with Gasteiger partial charge in [0.05, 0.1) is 13.0 Å². The molecule has 0 saturated carbocycles. The van der Waals surface area contributed by atoms with E-state index in [-0.39, 0.29) is 13.0 Å². The topological polar surface area (TPSA) is 75.6 Å². The molecule has 0 aliphatic rings. The number of alkyl halides is 1. The second kappa shape index (κ2) is 7.47. The minimum absolute atomic E-state index is 0.0307. The van der Waals surface area contributed by atoms with Crippen LogP contribution in [0.25, 0.3) is 0 Å². The highest BCUT2D eigenvalue weighted by Crippen LogP contribution is 2.18. The van der Waals surface area contributed by atoms with E-state index in [1.807, 2.05) is 32.0 Å². The van der Waals surface area contributed by atoms with Gasteiger partial charge >= 0.3 is 5.97 Å². The Morgan fingerprint density at radius 3 is 2.65 bits per heavy atom. The summed E-state index contributed by atoms with van der Waals surface area (Å²) in [5, 5.41) is 10.7. The fourth-order valence-corrected chi connectivity index (χ4v) is 1.65. The Hall–Kier alpha value is -2.11. The Balaban J connectivity index is 2.40. The van der Waals surface area contributed by atoms with Crippen LogP contribution in [0.15, 0.2) is 18.2 Å². The second-order valence-electron chi connectivity index (χ2n) is 4.48. The normalized spacial score (nSPS) is 11.8. The number of carboxylic acids is 1. The number of rotatable bonds is 7. The number of benzene rings is 1. The minimum atomic E-state index is -1.50. The lowest BCUT2D eigenvalue weighted by atomic mass is 10.1. The smallest absolute Gasteiger partial charge is 0.328 e. The molecule has 20 heavy (non-hydrogen) atoms. The SMILES string of the molecule is Cc1ccc(OCCC(=O)NC(CF)C(=O)O)c(C)c1. The molecule has 0 aliphatic heterocycles. The van der Waals surface area contributed by atoms with E-state index < -0.39 is 24.6 Å². The maximum atomic E-state index is 12.3. The average Bonchev–Trinajstić information content (AvgIpc) is 2.38. The maximum absolute atomic E-state index is 12.3. The number of carbonyl (C=O) groups is 2. The number of ether oxygens (including phenoxy) is 1. The quantitative estimate of drug-likeness (QED) is 0.797. The molecule has 0 aromatic heterocycles. The van der Waals surface area contributed by atoms with E-state index in [9.17, 15) is 14.0 Å². The van der Waals surface area contributed by atoms with Gasteiger partial charge in [-0.05, 0) is 25.5 Å². The van der Waals surface area contributed by atoms with Crippen LogP contribution in [0.2, 0.25) is 0 Å². The van der Waals surface area contributed by atoms with E-state index in [1.165, 1.54) is 0 Å². The highest BCUT2D eigenvalue weighted by molar-refractivity contribution is 5.83. The summed E-state index contributed by atoms with van der Waals surface area (Å²) in [4.78, 5) is 22.0. The zero-order valence-corrected chi connectivity index (χ0v) is 11.5. The number of halogens is 1. The Morgan fingerprint density at radius 2 is 2.10 bits per heavy atom. The van der Waals surface area contributed by atoms with Gasteiger partial charge in [-0.15, -0.1) is 0 Å². The van der Waals surface area contributed by atoms with Crippen molar-refractivity contribution in [3.63, 3.8) is 0 Å². The summed E-state index contributed by atoms with van der Waals surface area (Å²) in [6.07, 6.45) is -0.0307. The number of carbonyl (C=O) groups excluding carboxylic acids is 1. The van der Waals surface area contributed by atoms with Crippen LogP contribution in [0.3, 0.4) is 0 Å². The molecule has 5 nitrogen and oxygen atoms in total. The van der Waals surface area contributed by atoms with E-state index in [0.717, 1.165) is 11.1 Å². The minimum Gasteiger partial charge on any atom is -0.493 e. The lowest BCUT2D eigenvalue weighted by Crippen LogP contribution is -2.42. The number of amides is 1. The maximum Gasteiger partial charge on any atom is 0.328 e. The van der Waals surface area contributed by atoms with Crippen molar-refractivity contribution in [2.24, 2.45) is 0 Å². The van der Waals surface area contributed by atoms with Crippen molar-refractivity contribution in [3.8, 4) is 5.75 Å². The Kier molecular flexibility index (Phi) is 5.96. The summed E-state index contributed by atoms with van der Waals surface area (Å²) in [5.41, 5.74) is 2.07. The Morgan fingerprint density at radius 1 is 1.40 bits per heavy atom. The number of aliphatic carboxylic acids is 1. The van der Waals surface area contributed by atoms with Gasteiger partial charge in [-0.3, -0.25) is 4.79 Å². The molecule has 1 amide bonds. The molecule has 1 aromatic rings. The molecule has 6 heteroatoms. The molecule has 1 unspecified atom stereocenters. The summed E-state index contributed by atoms with van der Waals surface area (Å²) in [6, 6.07) is 4.17. The highest BCUT2D eigenvalue weighted by Gasteiger charge is 2.19. The number of hydrogen-bond acceptors (Lipinski definition) is 3. The first kappa shape index (κ1) is 15.9. The molecule has 0 bridgehead atoms. The fraction of sp³-hybridized carbons (Fsp3) is 0.429. The van der Waals surface area contributed by atoms with Gasteiger partial charge in [-0.1, -0.05) is 17.7 Å². The Bertz CT molecular complexity index is 490. The van der Waals surface area contributed by atoms with Crippen LogP contribution in [0.1, 0.15) is 17.5 Å². The second-order valence-corrected chi connectivity index (χ2v) is 4.48. The molecular weight excluding hydrogens is 265 g/mol. The van der Waals surface area contributed by atoms with Crippen molar-refractivity contribution >= 4 is 11.9 Å². The molecule has 110 valence electrons. The predicted octanol–water partition coefficient (Wildman–Crippen LogP) is 1.61. The van der Waals surface area contributed by atoms with Gasteiger partial charge in [0.1, 0.15) is 12.4 Å². The van der Waals surface area contributed by atoms with Crippen molar-refractivity contribution < 1.29 is 23.8 Å². The van der Waals surface area contributed by atoms with Gasteiger partial charge in [0, 0.05) is 0 Å². The third kappa shape index (κ3) is 4.87. The first-order valence-electron chi connectivity index (χ1n) is 6.22. The van der Waals surface area contributed by atoms with Gasteiger partial charge in [0.15, 0.2) is 6.04 Å². The van der Waals surface area contributed by atoms with E-state index in [1.54, 1.807) is 0 Å². The van der Waals surface area contributed by atoms with Gasteiger partial charge in [-0.25, -0.2) is 9.18 Å². The summed E-state index contributed by atoms with van der Waals surface area (Å²) >= 11 is 0. The summed E-state index contributed by atoms with van der Waals surface area (Å²) in [5.74, 6) is -1.28. The number of aryl methyl sites for hydroxylation is 2. The lowest BCUT2D eigenvalue weighted by molar-refractivity contribution is -0.142. The largest absolute Gasteiger partial charge is 0.493 e. The zero-order chi connectivity index (χ0) is 15.1. The predicted molar refractivity (Wildman–Crippen MR) is 71.6 cm³/mol. The van der Waals surface area contributed by atoms with E-state index in [0.29, 0.717) is 5.75 Å². The molecule has 2 N–H and O–H groups in total. The molecule has 1 aromatic carbocycles. The molecule has 0 aliphatic carbocycles. The fourth-order valence-electron chi connectivity index (χ4n) is 1.65. The van der Waals surface area contributed by atoms with Crippen LogP contribution in [0, 0.1) is 13.8 Å². The van der Waals surface area contributed by atoms with Gasteiger partial charge in [0.2, 0.25) is 5.91 Å². The third-order valence-corrected chi connectivity index (χ3v) is 2.70. The van der Waals surface area contributed by atoms with Crippen LogP contribution in [-0.4, -0.2) is 36.3 Å². The standard InChI is InChI=1S/C14H18FNO4/c1-9-3-4-12(10(2)7-9)20-6-5-13(17)16-11(8-15)14(18)19/h3-4,7,11H,5-6,8H2,1-2H3,(H,16,17)(H,18,19). The van der Waals surface area contributed by atoms with Crippen LogP contribution in [0.5, 0.6) is 5.75 Å². The number of carboxylic acid groups (broad SMARTS) is 1. The van der Waals surface area contributed by atoms with Crippen molar-refractivity contribution in [2.75, 3.05) is 13.3 Å². The summed E-state index contributed by atoms with van der Waals surface area (Å²) in [6.45, 7) is 2.83. The molecule has 1 rings (SSSR count). The van der Waals surface area contributed by atoms with Crippen LogP contribution >= 0.6 is 0 Å². The zero-order valence-electron chi connectivity index (χ0n) is 11.5. The molecular formula is C14H18FNO4. The highest BCUT2D eigenvalue weighted by atomic mass is 19.1. The number of nitrogens with one attached hydrogen (secondary N) is 1. The van der Waals surface area contributed by atoms with E-state index in [2.05, 4.69) is 5.32 Å². The molecule has 0 fully saturated rings. The molecule has 1 atom stereocenters. The molecule has 0 heterocycles. The van der Waals surface area contributed by atoms with Crippen molar-refractivity contribution in [1.82, 2.24) is 5.32 Å². The number of hydrogen-bond donors (Lipinski definition) is 2. The lowest BCUT2D eigenvalue weighted by Gasteiger charge is -2.12. The molecule has 0 spiro atoms. The Labute approximate surface area is 116 Å². The monoisotopic (exact) mass is 283 g/mol. The van der Waals surface area contributed by atoms with Gasteiger partial charge in [-0.2, -0.15) is 0 Å². The van der Waals surface area contributed by atoms with Gasteiger partial charge < -0.3 is 15.2 Å². The van der Waals surface area contributed by atoms with Crippen molar-refractivity contribution in [2.45, 2.75) is 26.3 Å². The first-order chi connectivity index (χ1) is 9.43. The third-order valence-electron chi connectivity index (χ3n) is 2.70. The van der Waals surface area contributed by atoms with Crippen molar-refractivity contribution in [1.29, 1.82) is 0 Å². The first-order valence-corrected chi connectivity index (χ1v) is 6.22.